The van der Waals surface area contributed by atoms with E-state index >= 15 is 0 Å². The van der Waals surface area contributed by atoms with E-state index in [9.17, 15) is 27.9 Å². The van der Waals surface area contributed by atoms with Crippen molar-refractivity contribution >= 4 is 39.1 Å². The molecule has 12 nitrogen and oxygen atoms in total. The van der Waals surface area contributed by atoms with E-state index in [-0.39, 0.29) is 28.2 Å². The molecular formula is C34H42N4O8S. The number of hydrogen-bond donors (Lipinski definition) is 4. The first kappa shape index (κ1) is 35.1. The van der Waals surface area contributed by atoms with Crippen molar-refractivity contribution in [3.05, 3.63) is 77.4 Å². The molecule has 1 aliphatic heterocycles. The summed E-state index contributed by atoms with van der Waals surface area (Å²) in [6.07, 6.45) is -0.381. The Kier molecular flexibility index (Phi) is 11.0. The van der Waals surface area contributed by atoms with Crippen molar-refractivity contribution in [2.45, 2.75) is 75.8 Å². The Morgan fingerprint density at radius 2 is 1.74 bits per heavy atom. The molecule has 0 bridgehead atoms. The molecule has 1 aliphatic rings. The third-order valence-corrected chi connectivity index (χ3v) is 9.98. The lowest BCUT2D eigenvalue weighted by atomic mass is 10.0. The number of benzene rings is 3. The highest BCUT2D eigenvalue weighted by molar-refractivity contribution is 7.92. The van der Waals surface area contributed by atoms with E-state index < -0.39 is 39.2 Å². The van der Waals surface area contributed by atoms with Crippen molar-refractivity contribution in [2.75, 3.05) is 23.8 Å². The number of carbonyl (C=O) groups excluding carboxylic acids is 2. The highest BCUT2D eigenvalue weighted by Crippen LogP contribution is 2.41. The summed E-state index contributed by atoms with van der Waals surface area (Å²) in [6, 6.07) is 14.3. The predicted molar refractivity (Wildman–Crippen MR) is 179 cm³/mol. The van der Waals surface area contributed by atoms with Crippen LogP contribution in [0.25, 0.3) is 0 Å². The van der Waals surface area contributed by atoms with E-state index in [4.69, 9.17) is 15.2 Å². The molecule has 2 unspecified atom stereocenters. The lowest BCUT2D eigenvalue weighted by molar-refractivity contribution is -0.133. The molecule has 0 aromatic heterocycles. The van der Waals surface area contributed by atoms with Crippen LogP contribution in [0.5, 0.6) is 11.5 Å². The summed E-state index contributed by atoms with van der Waals surface area (Å²) in [4.78, 5) is 39.7. The number of anilines is 2. The zero-order valence-electron chi connectivity index (χ0n) is 27.1. The van der Waals surface area contributed by atoms with Crippen molar-refractivity contribution in [2.24, 2.45) is 5.73 Å². The van der Waals surface area contributed by atoms with Gasteiger partial charge in [0.05, 0.1) is 28.9 Å². The summed E-state index contributed by atoms with van der Waals surface area (Å²) in [5.74, 6) is -0.0297. The standard InChI is InChI=1S/C34H42N4O8S/c1-6-45-29-18-22(12-14-28(29)46-20(2)3)31(36-24-10-7-9-23(17-24)32(35)39)33(40)38-16-8-11-27(38)26-19-25(37-34(41)42)13-15-30(26)47(43,44)21(4)5/h7,9-10,12-15,17-21,27,31,36-37H,6,8,11,16H2,1-5H3,(H2,35,39)(H,41,42). The van der Waals surface area contributed by atoms with Crippen molar-refractivity contribution in [3.63, 3.8) is 0 Å². The van der Waals surface area contributed by atoms with Gasteiger partial charge in [0.1, 0.15) is 6.04 Å². The predicted octanol–water partition coefficient (Wildman–Crippen LogP) is 5.76. The number of likely N-dealkylation sites (tertiary alicyclic amines) is 1. The third kappa shape index (κ3) is 8.15. The van der Waals surface area contributed by atoms with Gasteiger partial charge in [-0.05, 0) is 107 Å². The van der Waals surface area contributed by atoms with Crippen LogP contribution < -0.4 is 25.8 Å². The number of ether oxygens (including phenoxy) is 2. The number of hydrogen-bond acceptors (Lipinski definition) is 8. The summed E-state index contributed by atoms with van der Waals surface area (Å²) in [5.41, 5.74) is 7.31. The third-order valence-electron chi connectivity index (χ3n) is 7.75. The van der Waals surface area contributed by atoms with Gasteiger partial charge in [0.2, 0.25) is 11.8 Å². The maximum absolute atomic E-state index is 14.7. The zero-order valence-corrected chi connectivity index (χ0v) is 28.0. The highest BCUT2D eigenvalue weighted by atomic mass is 32.2. The molecule has 1 fully saturated rings. The fraction of sp³-hybridized carbons (Fsp3) is 0.382. The number of rotatable bonds is 13. The van der Waals surface area contributed by atoms with E-state index in [1.54, 1.807) is 61.2 Å². The monoisotopic (exact) mass is 666 g/mol. The Bertz CT molecular complexity index is 1740. The van der Waals surface area contributed by atoms with Gasteiger partial charge in [-0.1, -0.05) is 12.1 Å². The largest absolute Gasteiger partial charge is 0.490 e. The number of carboxylic acid groups (broad SMARTS) is 1. The molecule has 0 saturated carbocycles. The molecule has 0 aliphatic carbocycles. The second kappa shape index (κ2) is 14.8. The molecule has 0 radical (unpaired) electrons. The molecule has 0 spiro atoms. The fourth-order valence-corrected chi connectivity index (χ4v) is 6.87. The minimum atomic E-state index is -3.80. The number of nitrogens with one attached hydrogen (secondary N) is 2. The van der Waals surface area contributed by atoms with Gasteiger partial charge in [-0.15, -0.1) is 0 Å². The quantitative estimate of drug-likeness (QED) is 0.177. The summed E-state index contributed by atoms with van der Waals surface area (Å²) in [7, 11) is -3.80. The van der Waals surface area contributed by atoms with Gasteiger partial charge in [0, 0.05) is 23.5 Å². The Balaban J connectivity index is 1.84. The van der Waals surface area contributed by atoms with E-state index in [1.807, 2.05) is 20.8 Å². The van der Waals surface area contributed by atoms with Gasteiger partial charge < -0.3 is 30.5 Å². The van der Waals surface area contributed by atoms with Crippen molar-refractivity contribution in [3.8, 4) is 11.5 Å². The van der Waals surface area contributed by atoms with E-state index in [0.29, 0.717) is 54.3 Å². The maximum atomic E-state index is 14.7. The van der Waals surface area contributed by atoms with Crippen LogP contribution in [0, 0.1) is 0 Å². The molecule has 3 aromatic rings. The van der Waals surface area contributed by atoms with Crippen LogP contribution in [-0.2, 0) is 14.6 Å². The minimum absolute atomic E-state index is 0.0422. The molecule has 1 heterocycles. The molecule has 3 aromatic carbocycles. The summed E-state index contributed by atoms with van der Waals surface area (Å²) >= 11 is 0. The van der Waals surface area contributed by atoms with Crippen LogP contribution in [0.4, 0.5) is 16.2 Å². The first-order valence-corrected chi connectivity index (χ1v) is 17.1. The zero-order chi connectivity index (χ0) is 34.5. The minimum Gasteiger partial charge on any atom is -0.490 e. The Morgan fingerprint density at radius 1 is 1.00 bits per heavy atom. The molecule has 13 heteroatoms. The number of primary amides is 1. The molecule has 252 valence electrons. The molecule has 47 heavy (non-hydrogen) atoms. The number of amides is 3. The van der Waals surface area contributed by atoms with Crippen LogP contribution in [-0.4, -0.2) is 60.8 Å². The number of carbonyl (C=O) groups is 3. The average molecular weight is 667 g/mol. The first-order chi connectivity index (χ1) is 22.2. The second-order valence-corrected chi connectivity index (χ2v) is 14.3. The molecular weight excluding hydrogens is 624 g/mol. The first-order valence-electron chi connectivity index (χ1n) is 15.5. The van der Waals surface area contributed by atoms with Crippen LogP contribution in [0.2, 0.25) is 0 Å². The Morgan fingerprint density at radius 3 is 2.38 bits per heavy atom. The van der Waals surface area contributed by atoms with E-state index in [1.165, 1.54) is 18.2 Å². The SMILES string of the molecule is CCOc1cc(C(Nc2cccc(C(N)=O)c2)C(=O)N2CCCC2c2cc(NC(=O)O)ccc2S(=O)(=O)C(C)C)ccc1OC(C)C. The number of nitrogens with two attached hydrogens (primary N) is 1. The van der Waals surface area contributed by atoms with Crippen molar-refractivity contribution in [1.82, 2.24) is 4.90 Å². The summed E-state index contributed by atoms with van der Waals surface area (Å²) in [5, 5.41) is 14.2. The lowest BCUT2D eigenvalue weighted by Gasteiger charge is -2.32. The average Bonchev–Trinajstić information content (AvgIpc) is 3.50. The summed E-state index contributed by atoms with van der Waals surface area (Å²) in [6.45, 7) is 9.45. The van der Waals surface area contributed by atoms with Gasteiger partial charge in [-0.2, -0.15) is 0 Å². The smallest absolute Gasteiger partial charge is 0.409 e. The lowest BCUT2D eigenvalue weighted by Crippen LogP contribution is -2.38. The number of nitrogens with zero attached hydrogens (tertiary/aromatic N) is 1. The highest BCUT2D eigenvalue weighted by Gasteiger charge is 2.38. The van der Waals surface area contributed by atoms with E-state index in [2.05, 4.69) is 10.6 Å². The Hall–Kier alpha value is -4.78. The van der Waals surface area contributed by atoms with E-state index in [0.717, 1.165) is 0 Å². The van der Waals surface area contributed by atoms with Crippen LogP contribution in [0.3, 0.4) is 0 Å². The van der Waals surface area contributed by atoms with Gasteiger partial charge in [-0.3, -0.25) is 14.9 Å². The summed E-state index contributed by atoms with van der Waals surface area (Å²) < 4.78 is 38.8. The molecule has 5 N–H and O–H groups in total. The maximum Gasteiger partial charge on any atom is 0.409 e. The molecule has 1 saturated heterocycles. The Labute approximate surface area is 275 Å². The second-order valence-electron chi connectivity index (χ2n) is 11.8. The normalized spacial score (nSPS) is 15.4. The van der Waals surface area contributed by atoms with Gasteiger partial charge >= 0.3 is 6.09 Å². The molecule has 4 rings (SSSR count). The fourth-order valence-electron chi connectivity index (χ4n) is 5.58. The van der Waals surface area contributed by atoms with Crippen LogP contribution in [0.15, 0.2) is 65.6 Å². The topological polar surface area (TPSA) is 177 Å². The van der Waals surface area contributed by atoms with Crippen LogP contribution in [0.1, 0.15) is 81.0 Å². The van der Waals surface area contributed by atoms with Crippen molar-refractivity contribution < 1.29 is 37.4 Å². The van der Waals surface area contributed by atoms with Gasteiger partial charge in [0.25, 0.3) is 0 Å². The molecule has 2 atom stereocenters. The van der Waals surface area contributed by atoms with Crippen molar-refractivity contribution in [1.29, 1.82) is 0 Å². The van der Waals surface area contributed by atoms with Gasteiger partial charge in [-0.25, -0.2) is 13.2 Å². The molecule has 3 amide bonds. The van der Waals surface area contributed by atoms with Gasteiger partial charge in [0.15, 0.2) is 21.3 Å². The van der Waals surface area contributed by atoms with Crippen LogP contribution >= 0.6 is 0 Å². The number of sulfone groups is 1.